The largest absolute Gasteiger partial charge is 0.381 e. The molecule has 3 heteroatoms. The van der Waals surface area contributed by atoms with E-state index in [2.05, 4.69) is 0 Å². The van der Waals surface area contributed by atoms with Crippen molar-refractivity contribution in [3.8, 4) is 0 Å². The predicted molar refractivity (Wildman–Crippen MR) is 42.5 cm³/mol. The van der Waals surface area contributed by atoms with Crippen molar-refractivity contribution in [2.75, 3.05) is 0 Å². The maximum Gasteiger partial charge on any atom is 0.153 e. The topological polar surface area (TPSA) is 37.3 Å². The molecule has 0 bridgehead atoms. The molecule has 1 atom stereocenters. The summed E-state index contributed by atoms with van der Waals surface area (Å²) in [4.78, 5) is 10.1. The molecule has 58 valence electrons. The minimum absolute atomic E-state index is 0.464. The number of aldehydes is 1. The molecule has 2 nitrogen and oxygen atoms in total. The van der Waals surface area contributed by atoms with Gasteiger partial charge in [0.2, 0.25) is 0 Å². The summed E-state index contributed by atoms with van der Waals surface area (Å²) in [7, 11) is 0. The molecule has 0 saturated carbocycles. The lowest BCUT2D eigenvalue weighted by Gasteiger charge is -2.01. The normalized spacial score (nSPS) is 12.5. The number of aliphatic hydroxyl groups is 1. The van der Waals surface area contributed by atoms with E-state index >= 15 is 0 Å². The Morgan fingerprint density at radius 1 is 1.55 bits per heavy atom. The van der Waals surface area contributed by atoms with Crippen molar-refractivity contribution in [3.05, 3.63) is 34.9 Å². The Bertz CT molecular complexity index is 260. The van der Waals surface area contributed by atoms with Gasteiger partial charge in [-0.2, -0.15) is 0 Å². The summed E-state index contributed by atoms with van der Waals surface area (Å²) in [5, 5.41) is 9.54. The van der Waals surface area contributed by atoms with Crippen molar-refractivity contribution in [3.63, 3.8) is 0 Å². The molecule has 0 unspecified atom stereocenters. The molecule has 0 radical (unpaired) electrons. The van der Waals surface area contributed by atoms with Gasteiger partial charge >= 0.3 is 0 Å². The van der Waals surface area contributed by atoms with Crippen molar-refractivity contribution < 1.29 is 9.90 Å². The molecule has 0 saturated heterocycles. The van der Waals surface area contributed by atoms with Gasteiger partial charge in [0.1, 0.15) is 6.10 Å². The van der Waals surface area contributed by atoms with Gasteiger partial charge < -0.3 is 9.90 Å². The fourth-order valence-corrected chi connectivity index (χ4v) is 0.968. The van der Waals surface area contributed by atoms with E-state index in [1.165, 1.54) is 0 Å². The molecular weight excluding hydrogens is 164 g/mol. The standard InChI is InChI=1S/C8H7ClO2/c9-7-3-1-2-6(4-7)8(11)5-10/h1-5,8,11H/t8-/m0/s1. The average Bonchev–Trinajstić information content (AvgIpc) is 2.03. The Labute approximate surface area is 69.4 Å². The Hall–Kier alpha value is -0.860. The Morgan fingerprint density at radius 3 is 2.82 bits per heavy atom. The van der Waals surface area contributed by atoms with Gasteiger partial charge in [0.25, 0.3) is 0 Å². The van der Waals surface area contributed by atoms with Gasteiger partial charge in [0, 0.05) is 5.02 Å². The number of aliphatic hydroxyl groups excluding tert-OH is 1. The van der Waals surface area contributed by atoms with Crippen LogP contribution in [0.4, 0.5) is 0 Å². The van der Waals surface area contributed by atoms with Crippen molar-refractivity contribution in [1.29, 1.82) is 0 Å². The predicted octanol–water partition coefficient (Wildman–Crippen LogP) is 1.57. The van der Waals surface area contributed by atoms with Crippen LogP contribution in [0.3, 0.4) is 0 Å². The summed E-state index contributed by atoms with van der Waals surface area (Å²) in [5.41, 5.74) is 0.521. The maximum absolute atomic E-state index is 10.1. The summed E-state index contributed by atoms with van der Waals surface area (Å²) in [6, 6.07) is 6.57. The van der Waals surface area contributed by atoms with E-state index in [4.69, 9.17) is 16.7 Å². The molecule has 0 aliphatic carbocycles. The summed E-state index contributed by atoms with van der Waals surface area (Å²) < 4.78 is 0. The second-order valence-electron chi connectivity index (χ2n) is 2.14. The number of carbonyl (C=O) groups is 1. The van der Waals surface area contributed by atoms with E-state index in [0.717, 1.165) is 0 Å². The summed E-state index contributed by atoms with van der Waals surface area (Å²) in [5.74, 6) is 0. The van der Waals surface area contributed by atoms with Gasteiger partial charge in [-0.05, 0) is 17.7 Å². The smallest absolute Gasteiger partial charge is 0.153 e. The van der Waals surface area contributed by atoms with Crippen LogP contribution in [0, 0.1) is 0 Å². The second kappa shape index (κ2) is 3.51. The molecule has 0 heterocycles. The van der Waals surface area contributed by atoms with Crippen LogP contribution in [0.2, 0.25) is 5.02 Å². The number of carbonyl (C=O) groups excluding carboxylic acids is 1. The first kappa shape index (κ1) is 8.24. The minimum Gasteiger partial charge on any atom is -0.381 e. The highest BCUT2D eigenvalue weighted by Crippen LogP contribution is 2.15. The molecule has 0 aliphatic rings. The zero-order chi connectivity index (χ0) is 8.27. The van der Waals surface area contributed by atoms with Crippen molar-refractivity contribution >= 4 is 17.9 Å². The first-order valence-electron chi connectivity index (χ1n) is 3.13. The Kier molecular flexibility index (Phi) is 2.63. The summed E-state index contributed by atoms with van der Waals surface area (Å²) >= 11 is 5.62. The van der Waals surface area contributed by atoms with E-state index in [1.807, 2.05) is 0 Å². The summed E-state index contributed by atoms with van der Waals surface area (Å²) in [6.07, 6.45) is -0.597. The molecule has 0 amide bonds. The Balaban J connectivity index is 2.95. The zero-order valence-corrected chi connectivity index (χ0v) is 6.45. The molecule has 0 spiro atoms. The van der Waals surface area contributed by atoms with Crippen LogP contribution in [0.1, 0.15) is 11.7 Å². The molecule has 1 rings (SSSR count). The highest BCUT2D eigenvalue weighted by molar-refractivity contribution is 6.30. The van der Waals surface area contributed by atoms with Crippen LogP contribution in [-0.4, -0.2) is 11.4 Å². The van der Waals surface area contributed by atoms with Crippen LogP contribution < -0.4 is 0 Å². The summed E-state index contributed by atoms with van der Waals surface area (Å²) in [6.45, 7) is 0. The van der Waals surface area contributed by atoms with Crippen LogP contribution in [0.5, 0.6) is 0 Å². The van der Waals surface area contributed by atoms with E-state index in [0.29, 0.717) is 16.9 Å². The number of hydrogen-bond donors (Lipinski definition) is 1. The van der Waals surface area contributed by atoms with Gasteiger partial charge in [-0.3, -0.25) is 0 Å². The number of benzene rings is 1. The van der Waals surface area contributed by atoms with Crippen molar-refractivity contribution in [2.24, 2.45) is 0 Å². The number of halogens is 1. The van der Waals surface area contributed by atoms with Crippen molar-refractivity contribution in [2.45, 2.75) is 6.10 Å². The second-order valence-corrected chi connectivity index (χ2v) is 2.57. The van der Waals surface area contributed by atoms with E-state index in [1.54, 1.807) is 24.3 Å². The molecular formula is C8H7ClO2. The third-order valence-electron chi connectivity index (χ3n) is 1.32. The number of hydrogen-bond acceptors (Lipinski definition) is 2. The molecule has 0 fully saturated rings. The molecule has 1 aromatic rings. The van der Waals surface area contributed by atoms with E-state index in [9.17, 15) is 4.79 Å². The molecule has 0 aliphatic heterocycles. The minimum atomic E-state index is -1.06. The van der Waals surface area contributed by atoms with Crippen LogP contribution in [0.15, 0.2) is 24.3 Å². The molecule has 1 N–H and O–H groups in total. The zero-order valence-electron chi connectivity index (χ0n) is 5.70. The van der Waals surface area contributed by atoms with Gasteiger partial charge in [-0.1, -0.05) is 23.7 Å². The first-order valence-corrected chi connectivity index (χ1v) is 3.50. The van der Waals surface area contributed by atoms with Crippen molar-refractivity contribution in [1.82, 2.24) is 0 Å². The van der Waals surface area contributed by atoms with Gasteiger partial charge in [0.15, 0.2) is 6.29 Å². The number of rotatable bonds is 2. The SMILES string of the molecule is O=C[C@H](O)c1cccc(Cl)c1. The van der Waals surface area contributed by atoms with Gasteiger partial charge in [0.05, 0.1) is 0 Å². The van der Waals surface area contributed by atoms with Crippen LogP contribution in [-0.2, 0) is 4.79 Å². The molecule has 0 aromatic heterocycles. The van der Waals surface area contributed by atoms with E-state index < -0.39 is 6.10 Å². The fraction of sp³-hybridized carbons (Fsp3) is 0.125. The maximum atomic E-state index is 10.1. The first-order chi connectivity index (χ1) is 5.24. The van der Waals surface area contributed by atoms with E-state index in [-0.39, 0.29) is 0 Å². The Morgan fingerprint density at radius 2 is 2.27 bits per heavy atom. The lowest BCUT2D eigenvalue weighted by atomic mass is 10.1. The fourth-order valence-electron chi connectivity index (χ4n) is 0.769. The van der Waals surface area contributed by atoms with Gasteiger partial charge in [-0.25, -0.2) is 0 Å². The highest BCUT2D eigenvalue weighted by atomic mass is 35.5. The third kappa shape index (κ3) is 2.03. The van der Waals surface area contributed by atoms with Crippen LogP contribution >= 0.6 is 11.6 Å². The van der Waals surface area contributed by atoms with Crippen LogP contribution in [0.25, 0.3) is 0 Å². The molecule has 1 aromatic carbocycles. The molecule has 11 heavy (non-hydrogen) atoms. The third-order valence-corrected chi connectivity index (χ3v) is 1.55. The lowest BCUT2D eigenvalue weighted by molar-refractivity contribution is -0.115. The average molecular weight is 171 g/mol. The van der Waals surface area contributed by atoms with Gasteiger partial charge in [-0.15, -0.1) is 0 Å². The monoisotopic (exact) mass is 170 g/mol. The highest BCUT2D eigenvalue weighted by Gasteiger charge is 2.04. The lowest BCUT2D eigenvalue weighted by Crippen LogP contribution is -1.96. The quantitative estimate of drug-likeness (QED) is 0.685.